The summed E-state index contributed by atoms with van der Waals surface area (Å²) >= 11 is 0. The number of likely N-dealkylation sites (tertiary alicyclic amines) is 1. The van der Waals surface area contributed by atoms with E-state index in [-0.39, 0.29) is 30.1 Å². The van der Waals surface area contributed by atoms with Crippen molar-refractivity contribution in [3.05, 3.63) is 29.3 Å². The predicted molar refractivity (Wildman–Crippen MR) is 81.6 cm³/mol. The molecule has 2 aliphatic rings. The minimum absolute atomic E-state index is 0.0318. The quantitative estimate of drug-likeness (QED) is 0.770. The van der Waals surface area contributed by atoms with Crippen molar-refractivity contribution in [1.82, 2.24) is 4.90 Å². The Morgan fingerprint density at radius 2 is 2.00 bits per heavy atom. The molecule has 5 nitrogen and oxygen atoms in total. The molecule has 1 aromatic rings. The Morgan fingerprint density at radius 3 is 2.60 bits per heavy atom. The highest BCUT2D eigenvalue weighted by atomic mass is 19.4. The molecule has 136 valence electrons. The maximum absolute atomic E-state index is 12.9. The number of Topliss-reactive ketones (excluding diaryl/α,β-unsaturated/α-hetero) is 1. The first kappa shape index (κ1) is 17.6. The molecule has 0 N–H and O–H groups in total. The lowest BCUT2D eigenvalue weighted by Crippen LogP contribution is -2.52. The van der Waals surface area contributed by atoms with Crippen molar-refractivity contribution in [3.8, 4) is 5.75 Å². The number of hydrogen-bond donors (Lipinski definition) is 0. The molecular weight excluding hydrogens is 339 g/mol. The van der Waals surface area contributed by atoms with Gasteiger partial charge >= 0.3 is 12.3 Å². The van der Waals surface area contributed by atoms with Crippen LogP contribution in [0.4, 0.5) is 18.0 Å². The molecule has 0 unspecified atom stereocenters. The highest BCUT2D eigenvalue weighted by Gasteiger charge is 2.44. The zero-order chi connectivity index (χ0) is 18.2. The van der Waals surface area contributed by atoms with E-state index in [4.69, 9.17) is 9.47 Å². The Labute approximate surface area is 142 Å². The van der Waals surface area contributed by atoms with E-state index in [0.717, 1.165) is 12.1 Å². The van der Waals surface area contributed by atoms with Crippen molar-refractivity contribution in [2.75, 3.05) is 19.7 Å². The van der Waals surface area contributed by atoms with Gasteiger partial charge < -0.3 is 14.4 Å². The van der Waals surface area contributed by atoms with Crippen LogP contribution in [-0.2, 0) is 10.9 Å². The number of fused-ring (bicyclic) bond motifs is 1. The topological polar surface area (TPSA) is 55.8 Å². The first-order chi connectivity index (χ1) is 11.7. The van der Waals surface area contributed by atoms with Crippen LogP contribution in [0.15, 0.2) is 18.2 Å². The zero-order valence-corrected chi connectivity index (χ0v) is 13.7. The second-order valence-corrected chi connectivity index (χ2v) is 6.28. The van der Waals surface area contributed by atoms with Gasteiger partial charge in [-0.05, 0) is 25.1 Å². The van der Waals surface area contributed by atoms with Crippen LogP contribution in [0.2, 0.25) is 0 Å². The third-order valence-corrected chi connectivity index (χ3v) is 4.62. The van der Waals surface area contributed by atoms with Gasteiger partial charge in [0.1, 0.15) is 11.4 Å². The van der Waals surface area contributed by atoms with Crippen LogP contribution >= 0.6 is 0 Å². The lowest BCUT2D eigenvalue weighted by Gasteiger charge is -2.43. The minimum Gasteiger partial charge on any atom is -0.486 e. The summed E-state index contributed by atoms with van der Waals surface area (Å²) in [6, 6.07) is 2.94. The Balaban J connectivity index is 1.79. The molecule has 3 rings (SSSR count). The monoisotopic (exact) mass is 357 g/mol. The number of rotatable bonds is 1. The molecule has 0 aromatic heterocycles. The van der Waals surface area contributed by atoms with E-state index in [1.807, 2.05) is 0 Å². The summed E-state index contributed by atoms with van der Waals surface area (Å²) in [6.45, 7) is 2.64. The Kier molecular flexibility index (Phi) is 4.38. The third-order valence-electron chi connectivity index (χ3n) is 4.62. The summed E-state index contributed by atoms with van der Waals surface area (Å²) in [5, 5.41) is 0. The van der Waals surface area contributed by atoms with Gasteiger partial charge in [0.05, 0.1) is 24.2 Å². The van der Waals surface area contributed by atoms with Gasteiger partial charge in [-0.15, -0.1) is 0 Å². The number of alkyl halides is 3. The van der Waals surface area contributed by atoms with E-state index >= 15 is 0 Å². The fourth-order valence-electron chi connectivity index (χ4n) is 3.26. The summed E-state index contributed by atoms with van der Waals surface area (Å²) in [7, 11) is 0. The molecular formula is C17H18F3NO4. The Hall–Kier alpha value is -2.25. The molecule has 2 aliphatic heterocycles. The Morgan fingerprint density at radius 1 is 1.32 bits per heavy atom. The fraction of sp³-hybridized carbons (Fsp3) is 0.529. The highest BCUT2D eigenvalue weighted by Crippen LogP contribution is 2.42. The van der Waals surface area contributed by atoms with Crippen LogP contribution in [0.25, 0.3) is 0 Å². The lowest BCUT2D eigenvalue weighted by atomic mass is 9.82. The number of halogens is 3. The van der Waals surface area contributed by atoms with Gasteiger partial charge in [-0.3, -0.25) is 4.79 Å². The molecule has 0 saturated carbocycles. The van der Waals surface area contributed by atoms with Crippen molar-refractivity contribution in [1.29, 1.82) is 0 Å². The Bertz CT molecular complexity index is 694. The number of ether oxygens (including phenoxy) is 2. The van der Waals surface area contributed by atoms with Crippen molar-refractivity contribution >= 4 is 11.9 Å². The second-order valence-electron chi connectivity index (χ2n) is 6.28. The molecule has 1 amide bonds. The third kappa shape index (κ3) is 3.43. The minimum atomic E-state index is -4.50. The van der Waals surface area contributed by atoms with Crippen LogP contribution < -0.4 is 4.74 Å². The molecule has 1 spiro atoms. The van der Waals surface area contributed by atoms with Crippen molar-refractivity contribution in [2.24, 2.45) is 0 Å². The number of amides is 1. The van der Waals surface area contributed by atoms with E-state index in [1.54, 1.807) is 6.92 Å². The summed E-state index contributed by atoms with van der Waals surface area (Å²) in [6.07, 6.45) is -4.10. The summed E-state index contributed by atoms with van der Waals surface area (Å²) < 4.78 is 49.5. The van der Waals surface area contributed by atoms with Crippen LogP contribution in [-0.4, -0.2) is 42.1 Å². The average molecular weight is 357 g/mol. The van der Waals surface area contributed by atoms with Crippen molar-refractivity contribution < 1.29 is 32.2 Å². The average Bonchev–Trinajstić information content (AvgIpc) is 2.54. The predicted octanol–water partition coefficient (Wildman–Crippen LogP) is 3.66. The molecule has 25 heavy (non-hydrogen) atoms. The zero-order valence-electron chi connectivity index (χ0n) is 13.7. The molecule has 0 bridgehead atoms. The number of carbonyl (C=O) groups is 2. The molecule has 0 atom stereocenters. The summed E-state index contributed by atoms with van der Waals surface area (Å²) in [4.78, 5) is 25.6. The summed E-state index contributed by atoms with van der Waals surface area (Å²) in [5.41, 5.74) is -1.54. The number of nitrogens with zero attached hydrogens (tertiary/aromatic N) is 1. The number of carbonyl (C=O) groups excluding carboxylic acids is 2. The maximum Gasteiger partial charge on any atom is 0.416 e. The van der Waals surface area contributed by atoms with Gasteiger partial charge in [-0.25, -0.2) is 4.79 Å². The first-order valence-electron chi connectivity index (χ1n) is 8.09. The summed E-state index contributed by atoms with van der Waals surface area (Å²) in [5.74, 6) is -0.268. The van der Waals surface area contributed by atoms with Crippen LogP contribution in [0.5, 0.6) is 5.75 Å². The molecule has 2 heterocycles. The van der Waals surface area contributed by atoms with Crippen molar-refractivity contribution in [2.45, 2.75) is 38.0 Å². The number of hydrogen-bond acceptors (Lipinski definition) is 4. The standard InChI is InChI=1S/C17H18F3NO4/c1-2-24-15(23)21-7-5-16(6-8-21)10-13(22)12-4-3-11(17(18,19)20)9-14(12)25-16/h3-4,9H,2,5-8,10H2,1H3. The van der Waals surface area contributed by atoms with Gasteiger partial charge in [0.15, 0.2) is 5.78 Å². The van der Waals surface area contributed by atoms with E-state index in [0.29, 0.717) is 25.9 Å². The molecule has 1 saturated heterocycles. The first-order valence-corrected chi connectivity index (χ1v) is 8.09. The smallest absolute Gasteiger partial charge is 0.416 e. The second kappa shape index (κ2) is 6.24. The lowest BCUT2D eigenvalue weighted by molar-refractivity contribution is -0.137. The van der Waals surface area contributed by atoms with Gasteiger partial charge in [0, 0.05) is 25.9 Å². The largest absolute Gasteiger partial charge is 0.486 e. The van der Waals surface area contributed by atoms with Crippen LogP contribution in [0, 0.1) is 0 Å². The van der Waals surface area contributed by atoms with E-state index in [9.17, 15) is 22.8 Å². The van der Waals surface area contributed by atoms with E-state index < -0.39 is 23.4 Å². The SMILES string of the molecule is CCOC(=O)N1CCC2(CC1)CC(=O)c1ccc(C(F)(F)F)cc1O2. The number of ketones is 1. The van der Waals surface area contributed by atoms with Gasteiger partial charge in [-0.1, -0.05) is 0 Å². The normalized spacial score (nSPS) is 19.4. The van der Waals surface area contributed by atoms with Crippen LogP contribution in [0.1, 0.15) is 42.1 Å². The number of benzene rings is 1. The van der Waals surface area contributed by atoms with Crippen molar-refractivity contribution in [3.63, 3.8) is 0 Å². The highest BCUT2D eigenvalue weighted by molar-refractivity contribution is 6.00. The molecule has 8 heteroatoms. The van der Waals surface area contributed by atoms with Crippen LogP contribution in [0.3, 0.4) is 0 Å². The van der Waals surface area contributed by atoms with Gasteiger partial charge in [-0.2, -0.15) is 13.2 Å². The van der Waals surface area contributed by atoms with Gasteiger partial charge in [0.25, 0.3) is 0 Å². The maximum atomic E-state index is 12.9. The van der Waals surface area contributed by atoms with E-state index in [2.05, 4.69) is 0 Å². The molecule has 1 aromatic carbocycles. The molecule has 0 radical (unpaired) electrons. The fourth-order valence-corrected chi connectivity index (χ4v) is 3.26. The van der Waals surface area contributed by atoms with E-state index in [1.165, 1.54) is 11.0 Å². The number of piperidine rings is 1. The molecule has 0 aliphatic carbocycles. The molecule has 1 fully saturated rings. The van der Waals surface area contributed by atoms with Gasteiger partial charge in [0.2, 0.25) is 0 Å².